The summed E-state index contributed by atoms with van der Waals surface area (Å²) in [5.41, 5.74) is 0. The molecule has 0 rings (SSSR count). The van der Waals surface area contributed by atoms with Crippen LogP contribution in [0.1, 0.15) is 45.4 Å². The maximum Gasteiger partial charge on any atom is 0.0797 e. The van der Waals surface area contributed by atoms with E-state index >= 15 is 0 Å². The Morgan fingerprint density at radius 1 is 1.20 bits per heavy atom. The number of rotatable bonds is 6. The van der Waals surface area contributed by atoms with Crippen LogP contribution in [0.4, 0.5) is 4.39 Å². The quantitative estimate of drug-likeness (QED) is 0.414. The Hall–Kier alpha value is 0.147. The van der Waals surface area contributed by atoms with Crippen LogP contribution >= 0.6 is 0 Å². The summed E-state index contributed by atoms with van der Waals surface area (Å²) in [6, 6.07) is 0. The number of hydrogen-bond donors (Lipinski definition) is 0. The molecule has 0 N–H and O–H groups in total. The first kappa shape index (κ1) is 10.1. The van der Waals surface area contributed by atoms with Gasteiger partial charge in [-0.2, -0.15) is 0 Å². The zero-order chi connectivity index (χ0) is 7.82. The highest BCUT2D eigenvalue weighted by molar-refractivity contribution is 6.10. The minimum atomic E-state index is -0.457. The lowest BCUT2D eigenvalue weighted by molar-refractivity contribution is 0.403. The summed E-state index contributed by atoms with van der Waals surface area (Å²) in [4.78, 5) is 0. The van der Waals surface area contributed by atoms with Crippen molar-refractivity contribution in [1.29, 1.82) is 0 Å². The van der Waals surface area contributed by atoms with Crippen molar-refractivity contribution in [3.05, 3.63) is 0 Å². The zero-order valence-electron chi connectivity index (χ0n) is 7.20. The molecule has 0 amide bonds. The summed E-state index contributed by atoms with van der Waals surface area (Å²) < 4.78 is 12.3. The van der Waals surface area contributed by atoms with Gasteiger partial charge < -0.3 is 0 Å². The predicted molar refractivity (Wildman–Crippen MR) is 48.2 cm³/mol. The molecule has 0 aromatic carbocycles. The third-order valence-corrected chi connectivity index (χ3v) is 2.28. The molecule has 10 heavy (non-hydrogen) atoms. The fourth-order valence-electron chi connectivity index (χ4n) is 1.03. The van der Waals surface area contributed by atoms with Crippen molar-refractivity contribution in [1.82, 2.24) is 0 Å². The summed E-state index contributed by atoms with van der Waals surface area (Å²) >= 11 is 0. The second kappa shape index (κ2) is 7.26. The Labute approximate surface area is 66.6 Å². The van der Waals surface area contributed by atoms with Crippen molar-refractivity contribution in [3.63, 3.8) is 0 Å². The van der Waals surface area contributed by atoms with Gasteiger partial charge in [0, 0.05) is 10.2 Å². The topological polar surface area (TPSA) is 0 Å². The van der Waals surface area contributed by atoms with Gasteiger partial charge in [-0.1, -0.05) is 39.0 Å². The molecule has 0 spiro atoms. The molecular formula is C8H19FSi. The minimum absolute atomic E-state index is 0.457. The fraction of sp³-hybridized carbons (Fsp3) is 1.00. The lowest BCUT2D eigenvalue weighted by atomic mass is 10.1. The van der Waals surface area contributed by atoms with Crippen molar-refractivity contribution < 1.29 is 4.39 Å². The Kier molecular flexibility index (Phi) is 7.36. The molecule has 0 aromatic heterocycles. The Morgan fingerprint density at radius 3 is 2.30 bits per heavy atom. The second-order valence-corrected chi connectivity index (χ2v) is 4.24. The lowest BCUT2D eigenvalue weighted by Gasteiger charge is -2.00. The number of hydrogen-bond acceptors (Lipinski definition) is 0. The molecule has 0 radical (unpaired) electrons. The van der Waals surface area contributed by atoms with Crippen molar-refractivity contribution >= 4 is 10.2 Å². The average molecular weight is 162 g/mol. The third-order valence-electron chi connectivity index (χ3n) is 1.71. The highest BCUT2D eigenvalue weighted by atomic mass is 28.1. The van der Waals surface area contributed by atoms with Crippen LogP contribution in [0.5, 0.6) is 0 Å². The number of unbranched alkanes of at least 4 members (excludes halogenated alkanes) is 4. The van der Waals surface area contributed by atoms with Crippen molar-refractivity contribution in [2.45, 2.75) is 51.2 Å². The molecule has 0 aliphatic heterocycles. The van der Waals surface area contributed by atoms with E-state index in [-0.39, 0.29) is 0 Å². The molecule has 2 heteroatoms. The van der Waals surface area contributed by atoms with E-state index in [0.29, 0.717) is 0 Å². The van der Waals surface area contributed by atoms with Crippen LogP contribution in [0.3, 0.4) is 0 Å². The highest BCUT2D eigenvalue weighted by Gasteiger charge is 1.95. The minimum Gasteiger partial charge on any atom is -0.253 e. The Balaban J connectivity index is 2.77. The standard InChI is InChI=1S/C8H19FSi/c1-2-3-4-5-6-7-8(9)10/h8H,2-7H2,1,10H3. The van der Waals surface area contributed by atoms with Gasteiger partial charge in [-0.3, -0.25) is 4.39 Å². The molecule has 0 fully saturated rings. The molecule has 0 heterocycles. The maximum absolute atomic E-state index is 12.3. The van der Waals surface area contributed by atoms with Gasteiger partial charge in [0.1, 0.15) is 0 Å². The Bertz CT molecular complexity index is 64.3. The van der Waals surface area contributed by atoms with Crippen LogP contribution in [0.2, 0.25) is 0 Å². The monoisotopic (exact) mass is 162 g/mol. The van der Waals surface area contributed by atoms with Gasteiger partial charge in [-0.05, 0) is 6.42 Å². The van der Waals surface area contributed by atoms with E-state index in [1.54, 1.807) is 0 Å². The average Bonchev–Trinajstić information content (AvgIpc) is 1.87. The molecule has 1 unspecified atom stereocenters. The SMILES string of the molecule is CCCCCCCC(F)[SiH3]. The molecular weight excluding hydrogens is 143 g/mol. The van der Waals surface area contributed by atoms with Crippen molar-refractivity contribution in [2.24, 2.45) is 0 Å². The maximum atomic E-state index is 12.3. The second-order valence-electron chi connectivity index (χ2n) is 2.98. The fourth-order valence-corrected chi connectivity index (χ4v) is 1.44. The van der Waals surface area contributed by atoms with Gasteiger partial charge >= 0.3 is 0 Å². The van der Waals surface area contributed by atoms with Gasteiger partial charge in [0.15, 0.2) is 0 Å². The highest BCUT2D eigenvalue weighted by Crippen LogP contribution is 2.06. The molecule has 0 aliphatic rings. The summed E-state index contributed by atoms with van der Waals surface area (Å²) in [5.74, 6) is -0.457. The summed E-state index contributed by atoms with van der Waals surface area (Å²) in [6.45, 7) is 2.20. The van der Waals surface area contributed by atoms with Crippen molar-refractivity contribution in [3.8, 4) is 0 Å². The normalized spacial score (nSPS) is 13.8. The number of halogens is 1. The largest absolute Gasteiger partial charge is 0.253 e. The van der Waals surface area contributed by atoms with E-state index in [2.05, 4.69) is 6.92 Å². The molecule has 0 saturated carbocycles. The third kappa shape index (κ3) is 8.15. The summed E-state index contributed by atoms with van der Waals surface area (Å²) in [6.07, 6.45) is 7.04. The van der Waals surface area contributed by atoms with Crippen LogP contribution in [0, 0.1) is 0 Å². The van der Waals surface area contributed by atoms with E-state index in [4.69, 9.17) is 0 Å². The summed E-state index contributed by atoms with van der Waals surface area (Å²) in [7, 11) is 0.722. The van der Waals surface area contributed by atoms with Gasteiger partial charge in [0.25, 0.3) is 0 Å². The predicted octanol–water partition coefficient (Wildman–Crippen LogP) is 2.01. The van der Waals surface area contributed by atoms with Gasteiger partial charge in [0.05, 0.1) is 5.79 Å². The first-order valence-corrected chi connectivity index (χ1v) is 5.57. The molecule has 0 saturated heterocycles. The summed E-state index contributed by atoms with van der Waals surface area (Å²) in [5, 5.41) is 0. The van der Waals surface area contributed by atoms with Crippen molar-refractivity contribution in [2.75, 3.05) is 0 Å². The van der Waals surface area contributed by atoms with E-state index in [0.717, 1.165) is 23.1 Å². The van der Waals surface area contributed by atoms with E-state index < -0.39 is 5.79 Å². The van der Waals surface area contributed by atoms with Crippen LogP contribution in [-0.4, -0.2) is 16.0 Å². The molecule has 0 aliphatic carbocycles. The van der Waals surface area contributed by atoms with E-state index in [1.165, 1.54) is 25.7 Å². The van der Waals surface area contributed by atoms with Crippen LogP contribution in [-0.2, 0) is 0 Å². The Morgan fingerprint density at radius 2 is 1.80 bits per heavy atom. The zero-order valence-corrected chi connectivity index (χ0v) is 9.20. The van der Waals surface area contributed by atoms with Gasteiger partial charge in [-0.15, -0.1) is 0 Å². The number of alkyl halides is 1. The molecule has 62 valence electrons. The molecule has 0 bridgehead atoms. The smallest absolute Gasteiger partial charge is 0.0797 e. The van der Waals surface area contributed by atoms with Gasteiger partial charge in [0.2, 0.25) is 0 Å². The van der Waals surface area contributed by atoms with Crippen LogP contribution in [0.25, 0.3) is 0 Å². The first-order valence-electron chi connectivity index (χ1n) is 4.41. The van der Waals surface area contributed by atoms with E-state index in [1.807, 2.05) is 0 Å². The van der Waals surface area contributed by atoms with Crippen LogP contribution in [0.15, 0.2) is 0 Å². The van der Waals surface area contributed by atoms with Gasteiger partial charge in [-0.25, -0.2) is 0 Å². The molecule has 1 atom stereocenters. The lowest BCUT2D eigenvalue weighted by Crippen LogP contribution is -1.97. The van der Waals surface area contributed by atoms with Crippen LogP contribution < -0.4 is 0 Å². The molecule has 0 nitrogen and oxygen atoms in total. The van der Waals surface area contributed by atoms with E-state index in [9.17, 15) is 4.39 Å². The molecule has 0 aromatic rings. The first-order chi connectivity index (χ1) is 4.77.